The molecule has 0 spiro atoms. The molecule has 1 atom stereocenters. The van der Waals surface area contributed by atoms with Crippen molar-refractivity contribution in [3.8, 4) is 17.6 Å². The second kappa shape index (κ2) is 6.66. The van der Waals surface area contributed by atoms with E-state index in [0.29, 0.717) is 17.9 Å². The highest BCUT2D eigenvalue weighted by atomic mass is 16.5. The lowest BCUT2D eigenvalue weighted by molar-refractivity contribution is -0.122. The number of hydrogen-bond donors (Lipinski definition) is 2. The average Bonchev–Trinajstić information content (AvgIpc) is 3.16. The Hall–Kier alpha value is -3.93. The van der Waals surface area contributed by atoms with Crippen LogP contribution in [-0.4, -0.2) is 51.9 Å². The number of imide groups is 1. The molecule has 4 rings (SSSR count). The van der Waals surface area contributed by atoms with E-state index in [0.717, 1.165) is 5.56 Å². The molecule has 3 heterocycles. The van der Waals surface area contributed by atoms with E-state index < -0.39 is 17.5 Å². The van der Waals surface area contributed by atoms with Crippen molar-refractivity contribution in [3.63, 3.8) is 0 Å². The van der Waals surface area contributed by atoms with E-state index in [4.69, 9.17) is 4.74 Å². The van der Waals surface area contributed by atoms with Crippen LogP contribution in [0.5, 0.6) is 5.75 Å². The summed E-state index contributed by atoms with van der Waals surface area (Å²) in [6.45, 7) is 0.187. The summed E-state index contributed by atoms with van der Waals surface area (Å²) in [5.41, 5.74) is -0.276. The zero-order chi connectivity index (χ0) is 19.7. The van der Waals surface area contributed by atoms with Gasteiger partial charge in [0.05, 0.1) is 13.7 Å². The molecule has 140 valence electrons. The highest BCUT2D eigenvalue weighted by Crippen LogP contribution is 2.28. The SMILES string of the molecule is COc1ccc2c(c1)C(=O)N(C[C@@]1(C#Cc3ncccn3)NC(=O)NC1=O)C2. The zero-order valence-electron chi connectivity index (χ0n) is 14.9. The van der Waals surface area contributed by atoms with E-state index in [9.17, 15) is 14.4 Å². The summed E-state index contributed by atoms with van der Waals surface area (Å²) in [5.74, 6) is 5.34. The van der Waals surface area contributed by atoms with Crippen molar-refractivity contribution < 1.29 is 19.1 Å². The number of methoxy groups -OCH3 is 1. The molecule has 28 heavy (non-hydrogen) atoms. The fraction of sp³-hybridized carbons (Fsp3) is 0.211. The fourth-order valence-corrected chi connectivity index (χ4v) is 3.14. The van der Waals surface area contributed by atoms with E-state index in [1.54, 1.807) is 24.3 Å². The number of nitrogens with one attached hydrogen (secondary N) is 2. The molecular formula is C19H15N5O4. The van der Waals surface area contributed by atoms with Crippen LogP contribution >= 0.6 is 0 Å². The molecule has 0 bridgehead atoms. The normalized spacial score (nSPS) is 20.2. The molecule has 0 unspecified atom stereocenters. The minimum atomic E-state index is -1.59. The summed E-state index contributed by atoms with van der Waals surface area (Å²) in [6, 6.07) is 6.19. The topological polar surface area (TPSA) is 114 Å². The lowest BCUT2D eigenvalue weighted by Gasteiger charge is -2.26. The molecule has 0 saturated carbocycles. The maximum absolute atomic E-state index is 12.8. The molecule has 2 N–H and O–H groups in total. The van der Waals surface area contributed by atoms with Gasteiger partial charge in [0.15, 0.2) is 0 Å². The second-order valence-electron chi connectivity index (χ2n) is 6.32. The molecule has 9 nitrogen and oxygen atoms in total. The monoisotopic (exact) mass is 377 g/mol. The number of nitrogens with zero attached hydrogens (tertiary/aromatic N) is 3. The van der Waals surface area contributed by atoms with Crippen LogP contribution in [0.25, 0.3) is 0 Å². The Morgan fingerprint density at radius 2 is 2.04 bits per heavy atom. The van der Waals surface area contributed by atoms with Gasteiger partial charge in [0.1, 0.15) is 5.75 Å². The Balaban J connectivity index is 1.65. The summed E-state index contributed by atoms with van der Waals surface area (Å²) < 4.78 is 5.17. The van der Waals surface area contributed by atoms with Crippen LogP contribution in [0.4, 0.5) is 4.79 Å². The molecular weight excluding hydrogens is 362 g/mol. The number of rotatable bonds is 3. The Bertz CT molecular complexity index is 1040. The molecule has 0 aliphatic carbocycles. The van der Waals surface area contributed by atoms with Crippen LogP contribution in [0.3, 0.4) is 0 Å². The summed E-state index contributed by atoms with van der Waals surface area (Å²) >= 11 is 0. The third-order valence-electron chi connectivity index (χ3n) is 4.52. The highest BCUT2D eigenvalue weighted by molar-refractivity contribution is 6.10. The van der Waals surface area contributed by atoms with Gasteiger partial charge in [-0.05, 0) is 29.7 Å². The van der Waals surface area contributed by atoms with Crippen molar-refractivity contribution in [2.45, 2.75) is 12.1 Å². The van der Waals surface area contributed by atoms with E-state index in [1.807, 2.05) is 0 Å². The number of carbonyl (C=O) groups excluding carboxylic acids is 3. The van der Waals surface area contributed by atoms with Crippen molar-refractivity contribution >= 4 is 17.8 Å². The summed E-state index contributed by atoms with van der Waals surface area (Å²) in [5, 5.41) is 4.72. The first-order chi connectivity index (χ1) is 13.5. The van der Waals surface area contributed by atoms with Gasteiger partial charge in [-0.15, -0.1) is 0 Å². The first kappa shape index (κ1) is 17.5. The van der Waals surface area contributed by atoms with Crippen molar-refractivity contribution in [1.82, 2.24) is 25.5 Å². The Labute approximate surface area is 160 Å². The van der Waals surface area contributed by atoms with Crippen LogP contribution in [0, 0.1) is 11.8 Å². The first-order valence-corrected chi connectivity index (χ1v) is 8.41. The largest absolute Gasteiger partial charge is 0.497 e. The molecule has 2 aliphatic rings. The van der Waals surface area contributed by atoms with Gasteiger partial charge in [0, 0.05) is 24.5 Å². The van der Waals surface area contributed by atoms with Crippen molar-refractivity contribution in [1.29, 1.82) is 0 Å². The molecule has 1 saturated heterocycles. The summed E-state index contributed by atoms with van der Waals surface area (Å²) in [7, 11) is 1.52. The minimum absolute atomic E-state index is 0.111. The Kier molecular flexibility index (Phi) is 4.16. The molecule has 2 aliphatic heterocycles. The van der Waals surface area contributed by atoms with E-state index in [1.165, 1.54) is 24.4 Å². The number of hydrogen-bond acceptors (Lipinski definition) is 6. The van der Waals surface area contributed by atoms with Crippen molar-refractivity contribution in [2.75, 3.05) is 13.7 Å². The third kappa shape index (κ3) is 3.01. The summed E-state index contributed by atoms with van der Waals surface area (Å²) in [4.78, 5) is 46.5. The van der Waals surface area contributed by atoms with Crippen LogP contribution in [0.15, 0.2) is 36.7 Å². The maximum Gasteiger partial charge on any atom is 0.323 e. The number of carbonyl (C=O) groups is 3. The smallest absolute Gasteiger partial charge is 0.323 e. The maximum atomic E-state index is 12.8. The van der Waals surface area contributed by atoms with Crippen molar-refractivity contribution in [2.24, 2.45) is 0 Å². The molecule has 0 radical (unpaired) electrons. The van der Waals surface area contributed by atoms with Crippen LogP contribution < -0.4 is 15.4 Å². The quantitative estimate of drug-likeness (QED) is 0.578. The number of urea groups is 1. The van der Waals surface area contributed by atoms with Gasteiger partial charge < -0.3 is 15.0 Å². The third-order valence-corrected chi connectivity index (χ3v) is 4.52. The number of amides is 4. The predicted molar refractivity (Wildman–Crippen MR) is 96.0 cm³/mol. The summed E-state index contributed by atoms with van der Waals surface area (Å²) in [6.07, 6.45) is 3.04. The van der Waals surface area contributed by atoms with Crippen molar-refractivity contribution in [3.05, 3.63) is 53.6 Å². The predicted octanol–water partition coefficient (Wildman–Crippen LogP) is 0.0709. The van der Waals surface area contributed by atoms with Gasteiger partial charge in [-0.3, -0.25) is 14.9 Å². The molecule has 2 aromatic rings. The highest BCUT2D eigenvalue weighted by Gasteiger charge is 2.48. The van der Waals surface area contributed by atoms with Gasteiger partial charge >= 0.3 is 6.03 Å². The number of fused-ring (bicyclic) bond motifs is 1. The molecule has 1 aromatic heterocycles. The zero-order valence-corrected chi connectivity index (χ0v) is 14.9. The van der Waals surface area contributed by atoms with Crippen LogP contribution in [0.1, 0.15) is 21.7 Å². The standard InChI is InChI=1S/C19H15N5O4/c1-28-13-4-3-12-10-24(16(25)14(12)9-13)11-19(17(26)22-18(27)23-19)6-5-15-20-7-2-8-21-15/h2-4,7-9H,10-11H2,1H3,(H2,22,23,26,27)/t19-/m1/s1. The van der Waals surface area contributed by atoms with E-state index >= 15 is 0 Å². The van der Waals surface area contributed by atoms with Gasteiger partial charge in [-0.2, -0.15) is 0 Å². The Morgan fingerprint density at radius 1 is 1.25 bits per heavy atom. The van der Waals surface area contributed by atoms with Gasteiger partial charge in [-0.25, -0.2) is 14.8 Å². The van der Waals surface area contributed by atoms with E-state index in [2.05, 4.69) is 32.4 Å². The van der Waals surface area contributed by atoms with Crippen LogP contribution in [-0.2, 0) is 11.3 Å². The van der Waals surface area contributed by atoms with Gasteiger partial charge in [0.25, 0.3) is 11.8 Å². The molecule has 4 amide bonds. The van der Waals surface area contributed by atoms with Crippen LogP contribution in [0.2, 0.25) is 0 Å². The molecule has 1 fully saturated rings. The lowest BCUT2D eigenvalue weighted by atomic mass is 10.00. The lowest BCUT2D eigenvalue weighted by Crippen LogP contribution is -2.54. The average molecular weight is 377 g/mol. The number of ether oxygens (including phenoxy) is 1. The molecule has 9 heteroatoms. The molecule has 1 aromatic carbocycles. The number of aromatic nitrogens is 2. The Morgan fingerprint density at radius 3 is 2.71 bits per heavy atom. The fourth-order valence-electron chi connectivity index (χ4n) is 3.14. The van der Waals surface area contributed by atoms with Gasteiger partial charge in [-0.1, -0.05) is 12.0 Å². The minimum Gasteiger partial charge on any atom is -0.497 e. The second-order valence-corrected chi connectivity index (χ2v) is 6.32. The van der Waals surface area contributed by atoms with Gasteiger partial charge in [0.2, 0.25) is 11.4 Å². The first-order valence-electron chi connectivity index (χ1n) is 8.41. The number of benzene rings is 1. The van der Waals surface area contributed by atoms with E-state index in [-0.39, 0.29) is 18.3 Å².